The lowest BCUT2D eigenvalue weighted by Crippen LogP contribution is -1.97. The number of hydrogen-bond acceptors (Lipinski definition) is 3. The maximum absolute atomic E-state index is 13.2. The third-order valence-corrected chi connectivity index (χ3v) is 2.81. The van der Waals surface area contributed by atoms with Crippen molar-refractivity contribution in [3.63, 3.8) is 0 Å². The molecule has 0 saturated heterocycles. The SMILES string of the molecule is CCOc1cc(Oc2cc(F)cc(Br)c2)ccc1N. The zero-order valence-electron chi connectivity index (χ0n) is 10.3. The Hall–Kier alpha value is -1.75. The predicted molar refractivity (Wildman–Crippen MR) is 76.2 cm³/mol. The van der Waals surface area contributed by atoms with E-state index in [2.05, 4.69) is 15.9 Å². The average Bonchev–Trinajstić information content (AvgIpc) is 2.32. The number of nitrogen functional groups attached to an aromatic ring is 1. The van der Waals surface area contributed by atoms with E-state index in [0.717, 1.165) is 0 Å². The van der Waals surface area contributed by atoms with E-state index in [1.165, 1.54) is 12.1 Å². The molecule has 2 N–H and O–H groups in total. The number of benzene rings is 2. The molecule has 0 radical (unpaired) electrons. The van der Waals surface area contributed by atoms with Crippen LogP contribution in [-0.4, -0.2) is 6.61 Å². The molecule has 0 aromatic heterocycles. The second kappa shape index (κ2) is 5.93. The molecule has 0 amide bonds. The van der Waals surface area contributed by atoms with Gasteiger partial charge in [-0.05, 0) is 31.2 Å². The normalized spacial score (nSPS) is 10.3. The third kappa shape index (κ3) is 3.61. The van der Waals surface area contributed by atoms with Gasteiger partial charge in [-0.25, -0.2) is 4.39 Å². The third-order valence-electron chi connectivity index (χ3n) is 2.36. The van der Waals surface area contributed by atoms with Crippen LogP contribution < -0.4 is 15.2 Å². The maximum Gasteiger partial charge on any atom is 0.145 e. The Balaban J connectivity index is 2.25. The molecule has 3 nitrogen and oxygen atoms in total. The van der Waals surface area contributed by atoms with E-state index in [4.69, 9.17) is 15.2 Å². The van der Waals surface area contributed by atoms with Crippen molar-refractivity contribution in [2.24, 2.45) is 0 Å². The highest BCUT2D eigenvalue weighted by atomic mass is 79.9. The van der Waals surface area contributed by atoms with Crippen LogP contribution in [0.5, 0.6) is 17.2 Å². The van der Waals surface area contributed by atoms with Crippen LogP contribution in [0.3, 0.4) is 0 Å². The summed E-state index contributed by atoms with van der Waals surface area (Å²) >= 11 is 3.21. The van der Waals surface area contributed by atoms with Gasteiger partial charge in [0.1, 0.15) is 23.1 Å². The summed E-state index contributed by atoms with van der Waals surface area (Å²) < 4.78 is 24.8. The summed E-state index contributed by atoms with van der Waals surface area (Å²) in [7, 11) is 0. The van der Waals surface area contributed by atoms with E-state index in [9.17, 15) is 4.39 Å². The number of halogens is 2. The number of ether oxygens (including phenoxy) is 2. The van der Waals surface area contributed by atoms with Gasteiger partial charge in [0.2, 0.25) is 0 Å². The van der Waals surface area contributed by atoms with Gasteiger partial charge in [0.25, 0.3) is 0 Å². The quantitative estimate of drug-likeness (QED) is 0.849. The molecule has 2 aromatic rings. The highest BCUT2D eigenvalue weighted by Crippen LogP contribution is 2.31. The molecular weight excluding hydrogens is 313 g/mol. The van der Waals surface area contributed by atoms with Crippen LogP contribution >= 0.6 is 15.9 Å². The summed E-state index contributed by atoms with van der Waals surface area (Å²) in [6.07, 6.45) is 0. The number of nitrogens with two attached hydrogens (primary N) is 1. The van der Waals surface area contributed by atoms with E-state index in [1.54, 1.807) is 24.3 Å². The van der Waals surface area contributed by atoms with Gasteiger partial charge in [-0.1, -0.05) is 15.9 Å². The van der Waals surface area contributed by atoms with Crippen molar-refractivity contribution in [3.05, 3.63) is 46.7 Å². The van der Waals surface area contributed by atoms with Crippen LogP contribution in [0.1, 0.15) is 6.92 Å². The van der Waals surface area contributed by atoms with Gasteiger partial charge in [-0.2, -0.15) is 0 Å². The Morgan fingerprint density at radius 3 is 2.63 bits per heavy atom. The van der Waals surface area contributed by atoms with E-state index in [-0.39, 0.29) is 5.82 Å². The second-order valence-corrected chi connectivity index (χ2v) is 4.76. The smallest absolute Gasteiger partial charge is 0.145 e. The van der Waals surface area contributed by atoms with E-state index in [1.807, 2.05) is 6.92 Å². The zero-order valence-corrected chi connectivity index (χ0v) is 11.9. The van der Waals surface area contributed by atoms with Crippen molar-refractivity contribution < 1.29 is 13.9 Å². The molecule has 0 spiro atoms. The molecule has 5 heteroatoms. The molecule has 2 rings (SSSR count). The Bertz CT molecular complexity index is 569. The van der Waals surface area contributed by atoms with Gasteiger partial charge in [-0.15, -0.1) is 0 Å². The van der Waals surface area contributed by atoms with E-state index < -0.39 is 0 Å². The molecule has 0 atom stereocenters. The Kier molecular flexibility index (Phi) is 4.27. The minimum Gasteiger partial charge on any atom is -0.492 e. The standard InChI is InChI=1S/C14H13BrFNO2/c1-2-18-14-8-11(3-4-13(14)17)19-12-6-9(15)5-10(16)7-12/h3-8H,2,17H2,1H3. The van der Waals surface area contributed by atoms with Crippen molar-refractivity contribution in [2.75, 3.05) is 12.3 Å². The topological polar surface area (TPSA) is 44.5 Å². The van der Waals surface area contributed by atoms with Crippen LogP contribution in [0, 0.1) is 5.82 Å². The van der Waals surface area contributed by atoms with E-state index in [0.29, 0.717) is 34.0 Å². The van der Waals surface area contributed by atoms with Gasteiger partial charge < -0.3 is 15.2 Å². The van der Waals surface area contributed by atoms with Crippen LogP contribution in [0.25, 0.3) is 0 Å². The highest BCUT2D eigenvalue weighted by Gasteiger charge is 2.05. The van der Waals surface area contributed by atoms with Crippen molar-refractivity contribution in [1.82, 2.24) is 0 Å². The molecule has 0 saturated carbocycles. The fourth-order valence-corrected chi connectivity index (χ4v) is 2.03. The second-order valence-electron chi connectivity index (χ2n) is 3.84. The largest absolute Gasteiger partial charge is 0.492 e. The first-order valence-electron chi connectivity index (χ1n) is 5.74. The van der Waals surface area contributed by atoms with Gasteiger partial charge in [0, 0.05) is 16.6 Å². The summed E-state index contributed by atoms with van der Waals surface area (Å²) in [5.74, 6) is 1.12. The maximum atomic E-state index is 13.2. The van der Waals surface area contributed by atoms with Crippen molar-refractivity contribution in [1.29, 1.82) is 0 Å². The monoisotopic (exact) mass is 325 g/mol. The number of rotatable bonds is 4. The molecule has 0 unspecified atom stereocenters. The molecule has 2 aromatic carbocycles. The lowest BCUT2D eigenvalue weighted by Gasteiger charge is -2.10. The summed E-state index contributed by atoms with van der Waals surface area (Å²) in [5.41, 5.74) is 6.31. The molecule has 0 bridgehead atoms. The molecule has 0 aliphatic carbocycles. The summed E-state index contributed by atoms with van der Waals surface area (Å²) in [6.45, 7) is 2.38. The minimum atomic E-state index is -0.371. The molecular formula is C14H13BrFNO2. The van der Waals surface area contributed by atoms with Crippen molar-refractivity contribution in [2.45, 2.75) is 6.92 Å². The predicted octanol–water partition coefficient (Wildman–Crippen LogP) is 4.36. The molecule has 19 heavy (non-hydrogen) atoms. The van der Waals surface area contributed by atoms with Crippen molar-refractivity contribution in [3.8, 4) is 17.2 Å². The average molecular weight is 326 g/mol. The fourth-order valence-electron chi connectivity index (χ4n) is 1.58. The van der Waals surface area contributed by atoms with Crippen LogP contribution in [0.15, 0.2) is 40.9 Å². The van der Waals surface area contributed by atoms with Crippen LogP contribution in [-0.2, 0) is 0 Å². The van der Waals surface area contributed by atoms with Gasteiger partial charge in [0.05, 0.1) is 12.3 Å². The lowest BCUT2D eigenvalue weighted by molar-refractivity contribution is 0.340. The minimum absolute atomic E-state index is 0.371. The van der Waals surface area contributed by atoms with E-state index >= 15 is 0 Å². The molecule has 100 valence electrons. The van der Waals surface area contributed by atoms with Crippen LogP contribution in [0.2, 0.25) is 0 Å². The Labute approximate surface area is 119 Å². The Morgan fingerprint density at radius 2 is 1.95 bits per heavy atom. The Morgan fingerprint density at radius 1 is 1.16 bits per heavy atom. The fraction of sp³-hybridized carbons (Fsp3) is 0.143. The first-order valence-corrected chi connectivity index (χ1v) is 6.54. The first-order chi connectivity index (χ1) is 9.08. The van der Waals surface area contributed by atoms with Gasteiger partial charge in [0.15, 0.2) is 0 Å². The highest BCUT2D eigenvalue weighted by molar-refractivity contribution is 9.10. The van der Waals surface area contributed by atoms with Crippen LogP contribution in [0.4, 0.5) is 10.1 Å². The number of hydrogen-bond donors (Lipinski definition) is 1. The first kappa shape index (κ1) is 13.7. The zero-order chi connectivity index (χ0) is 13.8. The molecule has 0 aliphatic heterocycles. The van der Waals surface area contributed by atoms with Gasteiger partial charge in [-0.3, -0.25) is 0 Å². The summed E-state index contributed by atoms with van der Waals surface area (Å²) in [6, 6.07) is 9.42. The number of anilines is 1. The van der Waals surface area contributed by atoms with Crippen molar-refractivity contribution >= 4 is 21.6 Å². The lowest BCUT2D eigenvalue weighted by atomic mass is 10.2. The summed E-state index contributed by atoms with van der Waals surface area (Å²) in [4.78, 5) is 0. The molecule has 0 heterocycles. The summed E-state index contributed by atoms with van der Waals surface area (Å²) in [5, 5.41) is 0. The molecule has 0 fully saturated rings. The molecule has 0 aliphatic rings. The van der Waals surface area contributed by atoms with Gasteiger partial charge >= 0.3 is 0 Å².